The number of thiophene rings is 1. The van der Waals surface area contributed by atoms with Crippen LogP contribution < -0.4 is 5.32 Å². The molecule has 0 radical (unpaired) electrons. The van der Waals surface area contributed by atoms with Gasteiger partial charge < -0.3 is 5.32 Å². The third kappa shape index (κ3) is 3.44. The lowest BCUT2D eigenvalue weighted by atomic mass is 10.1. The molecule has 0 saturated heterocycles. The first kappa shape index (κ1) is 18.1. The first-order valence-corrected chi connectivity index (χ1v) is 9.65. The highest BCUT2D eigenvalue weighted by atomic mass is 32.1. The summed E-state index contributed by atoms with van der Waals surface area (Å²) in [6.45, 7) is 4.59. The highest BCUT2D eigenvalue weighted by Gasteiger charge is 2.15. The predicted octanol–water partition coefficient (Wildman–Crippen LogP) is 5.50. The van der Waals surface area contributed by atoms with Crippen LogP contribution in [0.5, 0.6) is 0 Å². The van der Waals surface area contributed by atoms with E-state index < -0.39 is 0 Å². The topological polar surface area (TPSA) is 81.0 Å². The van der Waals surface area contributed by atoms with E-state index in [9.17, 15) is 10.1 Å². The smallest absolute Gasteiger partial charge is 0.269 e. The molecule has 0 aliphatic rings. The van der Waals surface area contributed by atoms with Crippen LogP contribution in [0.1, 0.15) is 16.0 Å². The Morgan fingerprint density at radius 2 is 1.86 bits per heavy atom. The van der Waals surface area contributed by atoms with Gasteiger partial charge in [0.25, 0.3) is 5.69 Å². The Morgan fingerprint density at radius 3 is 2.61 bits per heavy atom. The number of benzene rings is 2. The molecule has 6 nitrogen and oxygen atoms in total. The molecule has 0 spiro atoms. The van der Waals surface area contributed by atoms with Crippen molar-refractivity contribution in [1.29, 1.82) is 0 Å². The zero-order valence-electron chi connectivity index (χ0n) is 15.5. The summed E-state index contributed by atoms with van der Waals surface area (Å²) in [4.78, 5) is 22.3. The second-order valence-electron chi connectivity index (χ2n) is 6.51. The number of hydrogen-bond donors (Lipinski definition) is 1. The molecule has 1 N–H and O–H groups in total. The summed E-state index contributed by atoms with van der Waals surface area (Å²) in [5.41, 5.74) is 3.01. The zero-order chi connectivity index (χ0) is 19.7. The molecule has 4 rings (SSSR count). The number of aryl methyl sites for hydroxylation is 2. The highest BCUT2D eigenvalue weighted by molar-refractivity contribution is 7.18. The molecular formula is C21H18N4O2S. The number of non-ortho nitro benzene ring substituents is 1. The van der Waals surface area contributed by atoms with Crippen molar-refractivity contribution in [3.05, 3.63) is 80.7 Å². The Kier molecular flexibility index (Phi) is 4.75. The van der Waals surface area contributed by atoms with Crippen LogP contribution in [0.4, 0.5) is 11.5 Å². The summed E-state index contributed by atoms with van der Waals surface area (Å²) in [6.07, 6.45) is 0. The van der Waals surface area contributed by atoms with Crippen LogP contribution in [0.3, 0.4) is 0 Å². The maximum atomic E-state index is 11.0. The molecule has 0 aliphatic carbocycles. The van der Waals surface area contributed by atoms with Gasteiger partial charge in [-0.25, -0.2) is 9.97 Å². The Hall–Kier alpha value is -3.32. The Balaban J connectivity index is 1.74. The second-order valence-corrected chi connectivity index (χ2v) is 7.71. The standard InChI is InChI=1S/C21H18N4O2S/c1-13-14(2)28-21-18(13)20(23-19(24-21)16-8-4-3-5-9-16)22-12-15-7-6-10-17(11-15)25(26)27/h3-11H,12H2,1-2H3,(H,22,23,24). The van der Waals surface area contributed by atoms with Crippen LogP contribution in [0.2, 0.25) is 0 Å². The Bertz CT molecular complexity index is 1170. The number of fused-ring (bicyclic) bond motifs is 1. The molecule has 2 aromatic heterocycles. The number of nitrogens with one attached hydrogen (secondary N) is 1. The molecule has 0 amide bonds. The van der Waals surface area contributed by atoms with Gasteiger partial charge in [-0.15, -0.1) is 11.3 Å². The fourth-order valence-corrected chi connectivity index (χ4v) is 4.09. The average Bonchev–Trinajstić information content (AvgIpc) is 3.01. The fourth-order valence-electron chi connectivity index (χ4n) is 3.06. The minimum Gasteiger partial charge on any atom is -0.365 e. The van der Waals surface area contributed by atoms with Crippen molar-refractivity contribution in [3.63, 3.8) is 0 Å². The summed E-state index contributed by atoms with van der Waals surface area (Å²) in [5, 5.41) is 15.4. The van der Waals surface area contributed by atoms with Gasteiger partial charge in [0, 0.05) is 29.1 Å². The van der Waals surface area contributed by atoms with Gasteiger partial charge in [-0.3, -0.25) is 10.1 Å². The molecule has 0 saturated carbocycles. The summed E-state index contributed by atoms with van der Waals surface area (Å²) in [6, 6.07) is 16.5. The van der Waals surface area contributed by atoms with Crippen LogP contribution in [-0.2, 0) is 6.54 Å². The third-order valence-corrected chi connectivity index (χ3v) is 5.74. The molecule has 0 atom stereocenters. The van der Waals surface area contributed by atoms with Gasteiger partial charge in [0.1, 0.15) is 10.6 Å². The number of anilines is 1. The number of rotatable bonds is 5. The monoisotopic (exact) mass is 390 g/mol. The number of nitro benzene ring substituents is 1. The van der Waals surface area contributed by atoms with Crippen LogP contribution in [0.15, 0.2) is 54.6 Å². The summed E-state index contributed by atoms with van der Waals surface area (Å²) in [7, 11) is 0. The van der Waals surface area contributed by atoms with E-state index in [1.54, 1.807) is 23.5 Å². The van der Waals surface area contributed by atoms with E-state index in [0.717, 1.165) is 32.7 Å². The van der Waals surface area contributed by atoms with Crippen LogP contribution in [-0.4, -0.2) is 14.9 Å². The molecule has 28 heavy (non-hydrogen) atoms. The lowest BCUT2D eigenvalue weighted by Gasteiger charge is -2.10. The first-order chi connectivity index (χ1) is 13.5. The fraction of sp³-hybridized carbons (Fsp3) is 0.143. The maximum Gasteiger partial charge on any atom is 0.269 e. The van der Waals surface area contributed by atoms with Crippen molar-refractivity contribution < 1.29 is 4.92 Å². The van der Waals surface area contributed by atoms with E-state index in [4.69, 9.17) is 9.97 Å². The zero-order valence-corrected chi connectivity index (χ0v) is 16.3. The molecule has 0 unspecified atom stereocenters. The number of aromatic nitrogens is 2. The minimum absolute atomic E-state index is 0.0830. The summed E-state index contributed by atoms with van der Waals surface area (Å²) < 4.78 is 0. The molecule has 2 aromatic carbocycles. The van der Waals surface area contributed by atoms with Gasteiger partial charge in [-0.2, -0.15) is 0 Å². The van der Waals surface area contributed by atoms with Gasteiger partial charge in [0.15, 0.2) is 5.82 Å². The first-order valence-electron chi connectivity index (χ1n) is 8.83. The van der Waals surface area contributed by atoms with Crippen molar-refractivity contribution >= 4 is 33.1 Å². The molecule has 4 aromatic rings. The molecule has 0 fully saturated rings. The van der Waals surface area contributed by atoms with Gasteiger partial charge in [0.2, 0.25) is 0 Å². The molecule has 140 valence electrons. The lowest BCUT2D eigenvalue weighted by molar-refractivity contribution is -0.384. The SMILES string of the molecule is Cc1sc2nc(-c3ccccc3)nc(NCc3cccc([N+](=O)[O-])c3)c2c1C. The van der Waals surface area contributed by atoms with Gasteiger partial charge in [0.05, 0.1) is 10.3 Å². The average molecular weight is 390 g/mol. The maximum absolute atomic E-state index is 11.0. The quantitative estimate of drug-likeness (QED) is 0.360. The van der Waals surface area contributed by atoms with E-state index in [1.165, 1.54) is 10.9 Å². The van der Waals surface area contributed by atoms with Crippen LogP contribution in [0.25, 0.3) is 21.6 Å². The lowest BCUT2D eigenvalue weighted by Crippen LogP contribution is -2.04. The van der Waals surface area contributed by atoms with Crippen molar-refractivity contribution in [2.75, 3.05) is 5.32 Å². The van der Waals surface area contributed by atoms with Crippen molar-refractivity contribution in [3.8, 4) is 11.4 Å². The highest BCUT2D eigenvalue weighted by Crippen LogP contribution is 2.35. The Labute approximate surface area is 166 Å². The molecule has 0 bridgehead atoms. The Morgan fingerprint density at radius 1 is 1.07 bits per heavy atom. The van der Waals surface area contributed by atoms with Crippen molar-refractivity contribution in [2.24, 2.45) is 0 Å². The molecule has 0 aliphatic heterocycles. The van der Waals surface area contributed by atoms with Crippen LogP contribution in [0, 0.1) is 24.0 Å². The van der Waals surface area contributed by atoms with E-state index in [2.05, 4.69) is 19.2 Å². The van der Waals surface area contributed by atoms with E-state index >= 15 is 0 Å². The van der Waals surface area contributed by atoms with Crippen molar-refractivity contribution in [2.45, 2.75) is 20.4 Å². The number of nitro groups is 1. The van der Waals surface area contributed by atoms with E-state index in [1.807, 2.05) is 36.4 Å². The van der Waals surface area contributed by atoms with E-state index in [-0.39, 0.29) is 10.6 Å². The van der Waals surface area contributed by atoms with Gasteiger partial charge in [-0.05, 0) is 25.0 Å². The van der Waals surface area contributed by atoms with Crippen LogP contribution >= 0.6 is 11.3 Å². The summed E-state index contributed by atoms with van der Waals surface area (Å²) in [5.74, 6) is 1.41. The third-order valence-electron chi connectivity index (χ3n) is 4.64. The molecule has 7 heteroatoms. The molecular weight excluding hydrogens is 372 g/mol. The number of nitrogens with zero attached hydrogens (tertiary/aromatic N) is 3. The normalized spacial score (nSPS) is 10.9. The van der Waals surface area contributed by atoms with Gasteiger partial charge >= 0.3 is 0 Å². The molecule has 2 heterocycles. The van der Waals surface area contributed by atoms with Gasteiger partial charge in [-0.1, -0.05) is 42.5 Å². The summed E-state index contributed by atoms with van der Waals surface area (Å²) >= 11 is 1.65. The second kappa shape index (κ2) is 7.36. The largest absolute Gasteiger partial charge is 0.365 e. The van der Waals surface area contributed by atoms with Crippen molar-refractivity contribution in [1.82, 2.24) is 9.97 Å². The van der Waals surface area contributed by atoms with E-state index in [0.29, 0.717) is 12.4 Å². The number of hydrogen-bond acceptors (Lipinski definition) is 6. The predicted molar refractivity (Wildman–Crippen MR) is 113 cm³/mol. The minimum atomic E-state index is -0.383.